The number of thiazole rings is 1. The predicted octanol–water partition coefficient (Wildman–Crippen LogP) is 8.12. The Hall–Kier alpha value is -6.79. The predicted molar refractivity (Wildman–Crippen MR) is 272 cm³/mol. The molecular formula is C53H55F3N8O7S2. The van der Waals surface area contributed by atoms with Gasteiger partial charge in [0.2, 0.25) is 17.7 Å². The molecule has 382 valence electrons. The Labute approximate surface area is 430 Å². The fourth-order valence-corrected chi connectivity index (χ4v) is 10.6. The zero-order valence-electron chi connectivity index (χ0n) is 40.7. The van der Waals surface area contributed by atoms with Gasteiger partial charge >= 0.3 is 6.18 Å². The highest BCUT2D eigenvalue weighted by Gasteiger charge is 2.60. The highest BCUT2D eigenvalue weighted by atomic mass is 32.1. The number of amides is 4. The Bertz CT molecular complexity index is 2900. The van der Waals surface area contributed by atoms with Crippen molar-refractivity contribution >= 4 is 63.7 Å². The van der Waals surface area contributed by atoms with Crippen LogP contribution in [0.2, 0.25) is 0 Å². The van der Waals surface area contributed by atoms with Crippen molar-refractivity contribution in [1.29, 1.82) is 5.26 Å². The summed E-state index contributed by atoms with van der Waals surface area (Å²) in [6, 6.07) is 23.0. The van der Waals surface area contributed by atoms with Crippen LogP contribution in [0.3, 0.4) is 0 Å². The summed E-state index contributed by atoms with van der Waals surface area (Å²) in [7, 11) is 0. The lowest BCUT2D eigenvalue weighted by Gasteiger charge is -2.43. The minimum Gasteiger partial charge on any atom is -0.494 e. The van der Waals surface area contributed by atoms with Crippen LogP contribution in [-0.2, 0) is 36.6 Å². The molecule has 73 heavy (non-hydrogen) atoms. The number of aromatic nitrogens is 2. The monoisotopic (exact) mass is 1040 g/mol. The summed E-state index contributed by atoms with van der Waals surface area (Å²) in [6.45, 7) is 8.01. The number of alkyl halides is 3. The Morgan fingerprint density at radius 1 is 0.959 bits per heavy atom. The molecule has 3 atom stereocenters. The Kier molecular flexibility index (Phi) is 15.6. The van der Waals surface area contributed by atoms with Crippen LogP contribution in [0.1, 0.15) is 81.8 Å². The maximum atomic E-state index is 14.0. The summed E-state index contributed by atoms with van der Waals surface area (Å²) in [4.78, 5) is 67.7. The molecule has 0 radical (unpaired) electrons. The van der Waals surface area contributed by atoms with Gasteiger partial charge in [-0.3, -0.25) is 24.1 Å². The summed E-state index contributed by atoms with van der Waals surface area (Å²) in [5.74, 6) is -1.12. The second-order valence-corrected chi connectivity index (χ2v) is 20.7. The minimum atomic E-state index is -4.86. The zero-order chi connectivity index (χ0) is 52.2. The number of carbonyl (C=O) groups excluding carboxylic acids is 4. The largest absolute Gasteiger partial charge is 0.494 e. The standard InChI is InChI=1S/C53H55F3N8O7S2/c1-32-45(73-31-60-32)36-10-8-33(9-11-36)27-59-47(67)43-25-39(65)29-62(43)48(68)46(51(2,3)4)61-44(66)30-70-22-5-6-23-71-40-18-14-35(15-19-40)34-12-16-37(17-13-34)64-50(72)63(49(69)52(64)20-7-21-52)38-24-41(53(54,55)56)42(26-57)58-28-38/h8-19,24,28,31,39,43,46,65H,5-7,20-23,25,27,29-30H2,1-4H3,(H,59,67)(H,61,66)/t39-,43+,46?/m1/s1. The number of thiocarbonyl (C=S) groups is 1. The van der Waals surface area contributed by atoms with E-state index >= 15 is 0 Å². The van der Waals surface area contributed by atoms with Gasteiger partial charge in [-0.1, -0.05) is 69.3 Å². The highest BCUT2D eigenvalue weighted by Crippen LogP contribution is 2.48. The molecule has 2 aromatic heterocycles. The third-order valence-electron chi connectivity index (χ3n) is 13.3. The maximum Gasteiger partial charge on any atom is 0.419 e. The van der Waals surface area contributed by atoms with E-state index in [1.165, 1.54) is 11.0 Å². The van der Waals surface area contributed by atoms with Gasteiger partial charge in [-0.25, -0.2) is 9.97 Å². The summed E-state index contributed by atoms with van der Waals surface area (Å²) in [6.07, 6.45) is -1.68. The zero-order valence-corrected chi connectivity index (χ0v) is 42.3. The Morgan fingerprint density at radius 3 is 2.22 bits per heavy atom. The molecule has 1 unspecified atom stereocenters. The molecule has 1 aliphatic carbocycles. The number of aryl methyl sites for hydroxylation is 1. The van der Waals surface area contributed by atoms with Crippen molar-refractivity contribution in [2.75, 3.05) is 36.2 Å². The van der Waals surface area contributed by atoms with E-state index in [1.807, 2.05) is 100 Å². The first-order valence-corrected chi connectivity index (χ1v) is 25.2. The number of β-amino-alcohol motifs (C(OH)–C–C–N with tert-alkyl or cyclic N) is 1. The number of nitrogens with zero attached hydrogens (tertiary/aromatic N) is 6. The summed E-state index contributed by atoms with van der Waals surface area (Å²) < 4.78 is 53.0. The molecule has 3 aromatic carbocycles. The van der Waals surface area contributed by atoms with Gasteiger partial charge in [0.15, 0.2) is 10.8 Å². The molecule has 2 saturated heterocycles. The van der Waals surface area contributed by atoms with Gasteiger partial charge in [0.25, 0.3) is 5.91 Å². The van der Waals surface area contributed by atoms with Gasteiger partial charge in [-0.05, 0) is 109 Å². The number of pyridine rings is 1. The van der Waals surface area contributed by atoms with Gasteiger partial charge in [0.1, 0.15) is 36.0 Å². The molecule has 20 heteroatoms. The van der Waals surface area contributed by atoms with E-state index in [-0.39, 0.29) is 49.4 Å². The number of hydrogen-bond donors (Lipinski definition) is 3. The number of nitrogens with one attached hydrogen (secondary N) is 2. The summed E-state index contributed by atoms with van der Waals surface area (Å²) >= 11 is 7.30. The van der Waals surface area contributed by atoms with E-state index < -0.39 is 64.3 Å². The molecule has 8 rings (SSSR count). The van der Waals surface area contributed by atoms with Gasteiger partial charge in [0.05, 0.1) is 46.2 Å². The summed E-state index contributed by atoms with van der Waals surface area (Å²) in [5, 5.41) is 25.6. The van der Waals surface area contributed by atoms with Gasteiger partial charge < -0.3 is 35.0 Å². The van der Waals surface area contributed by atoms with Crippen LogP contribution >= 0.6 is 23.6 Å². The van der Waals surface area contributed by atoms with Crippen LogP contribution in [0, 0.1) is 23.7 Å². The van der Waals surface area contributed by atoms with Crippen molar-refractivity contribution in [3.05, 3.63) is 113 Å². The molecule has 1 spiro atoms. The molecule has 2 aliphatic heterocycles. The van der Waals surface area contributed by atoms with Crippen molar-refractivity contribution in [1.82, 2.24) is 25.5 Å². The van der Waals surface area contributed by atoms with Crippen LogP contribution in [0.25, 0.3) is 21.6 Å². The van der Waals surface area contributed by atoms with Crippen LogP contribution in [0.4, 0.5) is 24.5 Å². The fourth-order valence-electron chi connectivity index (χ4n) is 9.28. The minimum absolute atomic E-state index is 0.0321. The molecule has 0 bridgehead atoms. The molecular weight excluding hydrogens is 982 g/mol. The third-order valence-corrected chi connectivity index (χ3v) is 14.7. The maximum absolute atomic E-state index is 14.0. The van der Waals surface area contributed by atoms with Crippen LogP contribution < -0.4 is 25.2 Å². The third kappa shape index (κ3) is 11.4. The molecule has 3 N–H and O–H groups in total. The molecule has 1 saturated carbocycles. The number of carbonyl (C=O) groups is 4. The number of benzene rings is 3. The lowest BCUT2D eigenvalue weighted by Crippen LogP contribution is -2.58. The second-order valence-electron chi connectivity index (χ2n) is 19.5. The van der Waals surface area contributed by atoms with Gasteiger partial charge in [-0.15, -0.1) is 11.3 Å². The van der Waals surface area contributed by atoms with Crippen molar-refractivity contribution in [3.63, 3.8) is 0 Å². The first kappa shape index (κ1) is 52.5. The normalized spacial score (nSPS) is 17.9. The number of unbranched alkanes of at least 4 members (excludes halogenated alkanes) is 1. The van der Waals surface area contributed by atoms with E-state index in [0.29, 0.717) is 43.7 Å². The average molecular weight is 1040 g/mol. The second kappa shape index (κ2) is 21.7. The van der Waals surface area contributed by atoms with Crippen LogP contribution in [0.5, 0.6) is 5.75 Å². The number of aliphatic hydroxyl groups excluding tert-OH is 1. The number of hydrogen-bond acceptors (Lipinski definition) is 12. The Morgan fingerprint density at radius 2 is 1.62 bits per heavy atom. The smallest absolute Gasteiger partial charge is 0.419 e. The molecule has 4 amide bonds. The van der Waals surface area contributed by atoms with Crippen LogP contribution in [0.15, 0.2) is 90.6 Å². The van der Waals surface area contributed by atoms with Crippen molar-refractivity contribution in [2.45, 2.75) is 103 Å². The Balaban J connectivity index is 0.773. The van der Waals surface area contributed by atoms with E-state index in [9.17, 15) is 42.7 Å². The number of anilines is 2. The molecule has 5 aromatic rings. The van der Waals surface area contributed by atoms with Crippen molar-refractivity contribution in [3.8, 4) is 33.4 Å². The van der Waals surface area contributed by atoms with Gasteiger partial charge in [-0.2, -0.15) is 18.4 Å². The summed E-state index contributed by atoms with van der Waals surface area (Å²) in [5.41, 5.74) is 3.11. The first-order valence-electron chi connectivity index (χ1n) is 23.9. The highest BCUT2D eigenvalue weighted by molar-refractivity contribution is 7.81. The van der Waals surface area contributed by atoms with Crippen molar-refractivity contribution < 1.29 is 46.9 Å². The molecule has 15 nitrogen and oxygen atoms in total. The topological polar surface area (TPSA) is 190 Å². The number of halogens is 3. The van der Waals surface area contributed by atoms with E-state index in [1.54, 1.807) is 21.7 Å². The number of ether oxygens (including phenoxy) is 2. The quantitative estimate of drug-likeness (QED) is 0.0600. The van der Waals surface area contributed by atoms with E-state index in [4.69, 9.17) is 21.7 Å². The fraction of sp³-hybridized carbons (Fsp3) is 0.396. The van der Waals surface area contributed by atoms with E-state index in [2.05, 4.69) is 20.6 Å². The number of aliphatic hydroxyl groups is 1. The van der Waals surface area contributed by atoms with Crippen LogP contribution in [-0.4, -0.2) is 98.8 Å². The van der Waals surface area contributed by atoms with E-state index in [0.717, 1.165) is 56.4 Å². The number of likely N-dealkylation sites (tertiary alicyclic amines) is 1. The lowest BCUT2D eigenvalue weighted by atomic mass is 9.75. The van der Waals surface area contributed by atoms with Gasteiger partial charge in [0, 0.05) is 31.8 Å². The first-order chi connectivity index (χ1) is 34.8. The lowest BCUT2D eigenvalue weighted by molar-refractivity contribution is -0.144. The average Bonchev–Trinajstić information content (AvgIpc) is 4.04. The molecule has 3 aliphatic rings. The number of rotatable bonds is 17. The number of nitriles is 1. The SMILES string of the molecule is Cc1ncsc1-c1ccc(CNC(=O)[C@@H]2C[C@@H](O)CN2C(=O)C(NC(=O)COCCCCOc2ccc(-c3ccc(N4C(=S)N(c5cnc(C#N)c(C(F)(F)F)c5)C(=O)C45CCC5)cc3)cc2)C(C)(C)C)cc1. The molecule has 3 fully saturated rings. The molecule has 4 heterocycles. The van der Waals surface area contributed by atoms with Crippen molar-refractivity contribution in [2.24, 2.45) is 5.41 Å².